The SMILES string of the molecule is Cc1nc2ccccc2n1Cc1nnc(Nc2ccc(F)cc2)s1. The molecule has 0 aliphatic carbocycles. The number of para-hydroxylation sites is 2. The smallest absolute Gasteiger partial charge is 0.210 e. The van der Waals surface area contributed by atoms with E-state index in [1.165, 1.54) is 23.5 Å². The van der Waals surface area contributed by atoms with Crippen molar-refractivity contribution >= 4 is 33.2 Å². The average molecular weight is 339 g/mol. The van der Waals surface area contributed by atoms with Crippen molar-refractivity contribution in [3.8, 4) is 0 Å². The van der Waals surface area contributed by atoms with E-state index >= 15 is 0 Å². The van der Waals surface area contributed by atoms with Crippen molar-refractivity contribution in [2.24, 2.45) is 0 Å². The van der Waals surface area contributed by atoms with Crippen molar-refractivity contribution in [1.82, 2.24) is 19.7 Å². The molecule has 24 heavy (non-hydrogen) atoms. The van der Waals surface area contributed by atoms with Crippen LogP contribution in [0.1, 0.15) is 10.8 Å². The van der Waals surface area contributed by atoms with Crippen LogP contribution in [0.25, 0.3) is 11.0 Å². The van der Waals surface area contributed by atoms with Crippen molar-refractivity contribution in [3.63, 3.8) is 0 Å². The highest BCUT2D eigenvalue weighted by Gasteiger charge is 2.10. The number of fused-ring (bicyclic) bond motifs is 1. The van der Waals surface area contributed by atoms with Crippen LogP contribution in [0.5, 0.6) is 0 Å². The van der Waals surface area contributed by atoms with Crippen LogP contribution in [0.4, 0.5) is 15.2 Å². The summed E-state index contributed by atoms with van der Waals surface area (Å²) in [5.74, 6) is 0.681. The second kappa shape index (κ2) is 6.01. The molecule has 0 atom stereocenters. The molecule has 7 heteroatoms. The number of anilines is 2. The third-order valence-electron chi connectivity index (χ3n) is 3.70. The minimum absolute atomic E-state index is 0.263. The van der Waals surface area contributed by atoms with Crippen LogP contribution in [-0.4, -0.2) is 19.7 Å². The van der Waals surface area contributed by atoms with Gasteiger partial charge in [0.05, 0.1) is 17.6 Å². The molecule has 4 aromatic rings. The molecule has 0 fully saturated rings. The average Bonchev–Trinajstić information content (AvgIpc) is 3.15. The van der Waals surface area contributed by atoms with Crippen LogP contribution < -0.4 is 5.32 Å². The van der Waals surface area contributed by atoms with E-state index in [1.54, 1.807) is 12.1 Å². The minimum Gasteiger partial charge on any atom is -0.330 e. The van der Waals surface area contributed by atoms with E-state index in [-0.39, 0.29) is 5.82 Å². The van der Waals surface area contributed by atoms with Crippen molar-refractivity contribution in [1.29, 1.82) is 0 Å². The van der Waals surface area contributed by atoms with Crippen molar-refractivity contribution in [2.45, 2.75) is 13.5 Å². The first-order valence-electron chi connectivity index (χ1n) is 7.46. The van der Waals surface area contributed by atoms with Gasteiger partial charge in [0, 0.05) is 5.69 Å². The lowest BCUT2D eigenvalue weighted by molar-refractivity contribution is 0.628. The van der Waals surface area contributed by atoms with E-state index in [9.17, 15) is 4.39 Å². The summed E-state index contributed by atoms with van der Waals surface area (Å²) in [6.45, 7) is 2.60. The van der Waals surface area contributed by atoms with E-state index in [0.29, 0.717) is 11.7 Å². The standard InChI is InChI=1S/C17H14FN5S/c1-11-19-14-4-2-3-5-15(14)23(11)10-16-21-22-17(24-16)20-13-8-6-12(18)7-9-13/h2-9H,10H2,1H3,(H,20,22). The van der Waals surface area contributed by atoms with Crippen LogP contribution in [0, 0.1) is 12.7 Å². The molecule has 0 saturated carbocycles. The Bertz CT molecular complexity index is 990. The number of hydrogen-bond donors (Lipinski definition) is 1. The highest BCUT2D eigenvalue weighted by Crippen LogP contribution is 2.23. The molecular weight excluding hydrogens is 325 g/mol. The van der Waals surface area contributed by atoms with Gasteiger partial charge in [0.25, 0.3) is 0 Å². The molecule has 0 aliphatic rings. The molecule has 0 bridgehead atoms. The fraction of sp³-hybridized carbons (Fsp3) is 0.118. The third kappa shape index (κ3) is 2.85. The first kappa shape index (κ1) is 14.8. The zero-order valence-electron chi connectivity index (χ0n) is 12.9. The van der Waals surface area contributed by atoms with Crippen LogP contribution in [-0.2, 0) is 6.54 Å². The lowest BCUT2D eigenvalue weighted by Gasteiger charge is -2.03. The maximum absolute atomic E-state index is 12.9. The van der Waals surface area contributed by atoms with Crippen LogP contribution in [0.15, 0.2) is 48.5 Å². The number of aromatic nitrogens is 4. The fourth-order valence-corrected chi connectivity index (χ4v) is 3.30. The number of aryl methyl sites for hydroxylation is 1. The molecule has 2 aromatic heterocycles. The van der Waals surface area contributed by atoms with Crippen LogP contribution >= 0.6 is 11.3 Å². The molecule has 0 saturated heterocycles. The molecule has 1 N–H and O–H groups in total. The van der Waals surface area contributed by atoms with Gasteiger partial charge in [-0.2, -0.15) is 0 Å². The van der Waals surface area contributed by atoms with Crippen molar-refractivity contribution in [3.05, 3.63) is 65.2 Å². The molecule has 0 aliphatic heterocycles. The van der Waals surface area contributed by atoms with Crippen molar-refractivity contribution < 1.29 is 4.39 Å². The third-order valence-corrected chi connectivity index (χ3v) is 4.52. The number of halogens is 1. The minimum atomic E-state index is -0.263. The van der Waals surface area contributed by atoms with Crippen LogP contribution in [0.2, 0.25) is 0 Å². The molecule has 0 radical (unpaired) electrons. The van der Waals surface area contributed by atoms with E-state index in [0.717, 1.165) is 27.6 Å². The fourth-order valence-electron chi connectivity index (χ4n) is 2.56. The second-order valence-corrected chi connectivity index (χ2v) is 6.43. The molecule has 2 aromatic carbocycles. The Balaban J connectivity index is 1.56. The summed E-state index contributed by atoms with van der Waals surface area (Å²) >= 11 is 1.47. The molecular formula is C17H14FN5S. The molecule has 0 amide bonds. The second-order valence-electron chi connectivity index (χ2n) is 5.37. The summed E-state index contributed by atoms with van der Waals surface area (Å²) in [6.07, 6.45) is 0. The molecule has 5 nitrogen and oxygen atoms in total. The van der Waals surface area contributed by atoms with Gasteiger partial charge in [-0.05, 0) is 43.3 Å². The monoisotopic (exact) mass is 339 g/mol. The maximum atomic E-state index is 12.9. The predicted octanol–water partition coefficient (Wildman–Crippen LogP) is 4.13. The summed E-state index contributed by atoms with van der Waals surface area (Å²) in [5.41, 5.74) is 2.84. The number of imidazole rings is 1. The van der Waals surface area contributed by atoms with Gasteiger partial charge in [-0.1, -0.05) is 23.5 Å². The molecule has 4 rings (SSSR count). The zero-order valence-corrected chi connectivity index (χ0v) is 13.7. The largest absolute Gasteiger partial charge is 0.330 e. The Kier molecular flexibility index (Phi) is 3.70. The van der Waals surface area contributed by atoms with Gasteiger partial charge in [-0.15, -0.1) is 10.2 Å². The molecule has 2 heterocycles. The zero-order chi connectivity index (χ0) is 16.5. The van der Waals surface area contributed by atoms with Crippen molar-refractivity contribution in [2.75, 3.05) is 5.32 Å². The summed E-state index contributed by atoms with van der Waals surface area (Å²) in [6, 6.07) is 14.2. The lowest BCUT2D eigenvalue weighted by atomic mass is 10.3. The van der Waals surface area contributed by atoms with E-state index < -0.39 is 0 Å². The molecule has 0 unspecified atom stereocenters. The lowest BCUT2D eigenvalue weighted by Crippen LogP contribution is -2.01. The first-order valence-corrected chi connectivity index (χ1v) is 8.27. The molecule has 0 spiro atoms. The van der Waals surface area contributed by atoms with E-state index in [1.807, 2.05) is 31.2 Å². The normalized spacial score (nSPS) is 11.1. The highest BCUT2D eigenvalue weighted by atomic mass is 32.1. The highest BCUT2D eigenvalue weighted by molar-refractivity contribution is 7.15. The Morgan fingerprint density at radius 3 is 2.71 bits per heavy atom. The predicted molar refractivity (Wildman–Crippen MR) is 93.2 cm³/mol. The van der Waals surface area contributed by atoms with Gasteiger partial charge in [0.2, 0.25) is 5.13 Å². The van der Waals surface area contributed by atoms with Gasteiger partial charge in [0.1, 0.15) is 16.6 Å². The first-order chi connectivity index (χ1) is 11.7. The summed E-state index contributed by atoms with van der Waals surface area (Å²) < 4.78 is 15.1. The Labute approximate surface area is 141 Å². The number of rotatable bonds is 4. The summed E-state index contributed by atoms with van der Waals surface area (Å²) in [7, 11) is 0. The van der Waals surface area contributed by atoms with Crippen LogP contribution in [0.3, 0.4) is 0 Å². The Morgan fingerprint density at radius 2 is 1.88 bits per heavy atom. The van der Waals surface area contributed by atoms with Gasteiger partial charge in [0.15, 0.2) is 0 Å². The maximum Gasteiger partial charge on any atom is 0.210 e. The summed E-state index contributed by atoms with van der Waals surface area (Å²) in [5, 5.41) is 13.1. The number of benzene rings is 2. The quantitative estimate of drug-likeness (QED) is 0.607. The molecule has 120 valence electrons. The Hall–Kier alpha value is -2.80. The van der Waals surface area contributed by atoms with Gasteiger partial charge in [-0.25, -0.2) is 9.37 Å². The Morgan fingerprint density at radius 1 is 1.08 bits per heavy atom. The van der Waals surface area contributed by atoms with Gasteiger partial charge < -0.3 is 9.88 Å². The van der Waals surface area contributed by atoms with E-state index in [2.05, 4.69) is 25.1 Å². The van der Waals surface area contributed by atoms with E-state index in [4.69, 9.17) is 0 Å². The van der Waals surface area contributed by atoms with Gasteiger partial charge in [-0.3, -0.25) is 0 Å². The number of hydrogen-bond acceptors (Lipinski definition) is 5. The topological polar surface area (TPSA) is 55.6 Å². The summed E-state index contributed by atoms with van der Waals surface area (Å²) in [4.78, 5) is 4.56. The van der Waals surface area contributed by atoms with Gasteiger partial charge >= 0.3 is 0 Å². The number of nitrogens with zero attached hydrogens (tertiary/aromatic N) is 4. The number of nitrogens with one attached hydrogen (secondary N) is 1.